The molecule has 0 radical (unpaired) electrons. The fourth-order valence-corrected chi connectivity index (χ4v) is 3.98. The number of aliphatic carboxylic acids is 1. The third-order valence-corrected chi connectivity index (χ3v) is 5.77. The van der Waals surface area contributed by atoms with Crippen molar-refractivity contribution in [3.63, 3.8) is 0 Å². The first-order valence-corrected chi connectivity index (χ1v) is 9.48. The van der Waals surface area contributed by atoms with Gasteiger partial charge in [0.1, 0.15) is 5.75 Å². The lowest BCUT2D eigenvalue weighted by Crippen LogP contribution is -2.45. The normalized spacial score (nSPS) is 22.7. The first-order chi connectivity index (χ1) is 13.0. The molecule has 4 rings (SSSR count). The van der Waals surface area contributed by atoms with Gasteiger partial charge in [0.25, 0.3) is 5.91 Å². The summed E-state index contributed by atoms with van der Waals surface area (Å²) < 4.78 is 5.33. The van der Waals surface area contributed by atoms with Crippen molar-refractivity contribution in [1.82, 2.24) is 9.88 Å². The van der Waals surface area contributed by atoms with Gasteiger partial charge in [-0.25, -0.2) is 0 Å². The number of rotatable bonds is 4. The van der Waals surface area contributed by atoms with Gasteiger partial charge in [0.15, 0.2) is 0 Å². The Labute approximate surface area is 158 Å². The molecule has 1 aromatic carbocycles. The summed E-state index contributed by atoms with van der Waals surface area (Å²) in [5, 5.41) is 10.1. The van der Waals surface area contributed by atoms with E-state index in [2.05, 4.69) is 0 Å². The molecule has 2 fully saturated rings. The zero-order valence-corrected chi connectivity index (χ0v) is 15.6. The van der Waals surface area contributed by atoms with Gasteiger partial charge in [-0.05, 0) is 49.4 Å². The Morgan fingerprint density at radius 3 is 2.63 bits per heavy atom. The van der Waals surface area contributed by atoms with Crippen molar-refractivity contribution in [3.05, 3.63) is 35.5 Å². The number of carbonyl (C=O) groups excluding carboxylic acids is 1. The van der Waals surface area contributed by atoms with Gasteiger partial charge in [0.05, 0.1) is 24.1 Å². The first kappa shape index (κ1) is 17.8. The second-order valence-electron chi connectivity index (χ2n) is 7.71. The average molecular weight is 368 g/mol. The number of ether oxygens (including phenoxy) is 1. The maximum atomic E-state index is 13.3. The zero-order chi connectivity index (χ0) is 19.1. The van der Waals surface area contributed by atoms with Crippen LogP contribution in [-0.2, 0) is 4.79 Å². The molecular weight excluding hydrogens is 344 g/mol. The highest BCUT2D eigenvalue weighted by atomic mass is 16.5. The molecule has 1 aromatic heterocycles. The molecule has 6 nitrogen and oxygen atoms in total. The summed E-state index contributed by atoms with van der Waals surface area (Å²) in [4.78, 5) is 31.2. The molecule has 1 saturated carbocycles. The van der Waals surface area contributed by atoms with Crippen LogP contribution in [0, 0.1) is 11.8 Å². The average Bonchev–Trinajstić information content (AvgIpc) is 3.51. The molecule has 2 atom stereocenters. The minimum Gasteiger partial charge on any atom is -0.497 e. The van der Waals surface area contributed by atoms with Crippen LogP contribution in [-0.4, -0.2) is 47.1 Å². The lowest BCUT2D eigenvalue weighted by atomic mass is 9.86. The number of benzene rings is 1. The van der Waals surface area contributed by atoms with Crippen LogP contribution >= 0.6 is 0 Å². The number of methoxy groups -OCH3 is 1. The van der Waals surface area contributed by atoms with Crippen LogP contribution in [0.1, 0.15) is 48.2 Å². The van der Waals surface area contributed by atoms with E-state index in [0.717, 1.165) is 29.4 Å². The number of carboxylic acids is 1. The molecule has 2 aromatic rings. The maximum absolute atomic E-state index is 13.3. The standard InChI is InChI=1S/C21H24N2O4/c1-12-11-23(8-7-15(12)21(25)26)20(24)17-10-19(13-3-4-13)22-18-6-5-14(27-2)9-16(17)18/h5-6,9-10,12-13,15H,3-4,7-8,11H2,1-2H3,(H,25,26). The molecule has 0 spiro atoms. The van der Waals surface area contributed by atoms with Crippen LogP contribution in [0.4, 0.5) is 0 Å². The van der Waals surface area contributed by atoms with Crippen molar-refractivity contribution in [2.24, 2.45) is 11.8 Å². The third-order valence-electron chi connectivity index (χ3n) is 5.77. The Morgan fingerprint density at radius 1 is 1.22 bits per heavy atom. The fraction of sp³-hybridized carbons (Fsp3) is 0.476. The molecule has 142 valence electrons. The van der Waals surface area contributed by atoms with Gasteiger partial charge < -0.3 is 14.7 Å². The van der Waals surface area contributed by atoms with Crippen LogP contribution in [0.3, 0.4) is 0 Å². The van der Waals surface area contributed by atoms with E-state index in [1.54, 1.807) is 12.0 Å². The van der Waals surface area contributed by atoms with Crippen LogP contribution in [0.25, 0.3) is 10.9 Å². The van der Waals surface area contributed by atoms with E-state index in [0.29, 0.717) is 36.7 Å². The smallest absolute Gasteiger partial charge is 0.306 e. The molecule has 1 aliphatic heterocycles. The largest absolute Gasteiger partial charge is 0.497 e. The molecule has 27 heavy (non-hydrogen) atoms. The molecule has 2 heterocycles. The number of pyridine rings is 1. The number of nitrogens with zero attached hydrogens (tertiary/aromatic N) is 2. The number of hydrogen-bond acceptors (Lipinski definition) is 4. The van der Waals surface area contributed by atoms with Crippen molar-refractivity contribution in [3.8, 4) is 5.75 Å². The minimum atomic E-state index is -0.773. The molecule has 2 unspecified atom stereocenters. The molecule has 1 aliphatic carbocycles. The maximum Gasteiger partial charge on any atom is 0.306 e. The Kier molecular flexibility index (Phi) is 4.50. The SMILES string of the molecule is COc1ccc2nc(C3CC3)cc(C(=O)N3CCC(C(=O)O)C(C)C3)c2c1. The zero-order valence-electron chi connectivity index (χ0n) is 15.6. The molecule has 0 bridgehead atoms. The Hall–Kier alpha value is -2.63. The topological polar surface area (TPSA) is 79.7 Å². The summed E-state index contributed by atoms with van der Waals surface area (Å²) in [6.45, 7) is 2.83. The number of carbonyl (C=O) groups is 2. The van der Waals surface area contributed by atoms with E-state index in [-0.39, 0.29) is 17.7 Å². The van der Waals surface area contributed by atoms with Gasteiger partial charge in [0, 0.05) is 30.1 Å². The van der Waals surface area contributed by atoms with Crippen LogP contribution < -0.4 is 4.74 Å². The molecular formula is C21H24N2O4. The lowest BCUT2D eigenvalue weighted by molar-refractivity contribution is -0.145. The number of fused-ring (bicyclic) bond motifs is 1. The van der Waals surface area contributed by atoms with E-state index >= 15 is 0 Å². The summed E-state index contributed by atoms with van der Waals surface area (Å²) in [6.07, 6.45) is 2.72. The molecule has 2 aliphatic rings. The van der Waals surface area contributed by atoms with Crippen LogP contribution in [0.5, 0.6) is 5.75 Å². The molecule has 1 amide bonds. The van der Waals surface area contributed by atoms with Gasteiger partial charge in [-0.2, -0.15) is 0 Å². The van der Waals surface area contributed by atoms with Gasteiger partial charge >= 0.3 is 5.97 Å². The predicted octanol–water partition coefficient (Wildman–Crippen LogP) is 3.30. The second kappa shape index (κ2) is 6.83. The van der Waals surface area contributed by atoms with E-state index in [4.69, 9.17) is 9.72 Å². The van der Waals surface area contributed by atoms with E-state index < -0.39 is 5.97 Å². The van der Waals surface area contributed by atoms with Gasteiger partial charge in [-0.1, -0.05) is 6.92 Å². The van der Waals surface area contributed by atoms with Crippen molar-refractivity contribution in [2.45, 2.75) is 32.1 Å². The Bertz CT molecular complexity index is 906. The summed E-state index contributed by atoms with van der Waals surface area (Å²) >= 11 is 0. The van der Waals surface area contributed by atoms with Gasteiger partial charge in [-0.3, -0.25) is 14.6 Å². The van der Waals surface area contributed by atoms with Gasteiger partial charge in [-0.15, -0.1) is 0 Å². The fourth-order valence-electron chi connectivity index (χ4n) is 3.98. The number of amides is 1. The number of piperidine rings is 1. The lowest BCUT2D eigenvalue weighted by Gasteiger charge is -2.35. The highest BCUT2D eigenvalue weighted by Crippen LogP contribution is 2.40. The van der Waals surface area contributed by atoms with Crippen LogP contribution in [0.2, 0.25) is 0 Å². The summed E-state index contributed by atoms with van der Waals surface area (Å²) in [5.74, 6) is -0.135. The highest BCUT2D eigenvalue weighted by Gasteiger charge is 2.34. The first-order valence-electron chi connectivity index (χ1n) is 9.48. The van der Waals surface area contributed by atoms with Crippen molar-refractivity contribution < 1.29 is 19.4 Å². The highest BCUT2D eigenvalue weighted by molar-refractivity contribution is 6.06. The second-order valence-corrected chi connectivity index (χ2v) is 7.71. The summed E-state index contributed by atoms with van der Waals surface area (Å²) in [6, 6.07) is 7.55. The Morgan fingerprint density at radius 2 is 2.00 bits per heavy atom. The predicted molar refractivity (Wildman–Crippen MR) is 101 cm³/mol. The van der Waals surface area contributed by atoms with Crippen molar-refractivity contribution in [1.29, 1.82) is 0 Å². The van der Waals surface area contributed by atoms with E-state index in [1.165, 1.54) is 0 Å². The van der Waals surface area contributed by atoms with Crippen molar-refractivity contribution >= 4 is 22.8 Å². The summed E-state index contributed by atoms with van der Waals surface area (Å²) in [5.41, 5.74) is 2.42. The van der Waals surface area contributed by atoms with E-state index in [9.17, 15) is 14.7 Å². The number of likely N-dealkylation sites (tertiary alicyclic amines) is 1. The number of hydrogen-bond donors (Lipinski definition) is 1. The van der Waals surface area contributed by atoms with Crippen LogP contribution in [0.15, 0.2) is 24.3 Å². The molecule has 1 N–H and O–H groups in total. The third kappa shape index (κ3) is 3.36. The van der Waals surface area contributed by atoms with E-state index in [1.807, 2.05) is 31.2 Å². The quantitative estimate of drug-likeness (QED) is 0.896. The molecule has 1 saturated heterocycles. The monoisotopic (exact) mass is 368 g/mol. The van der Waals surface area contributed by atoms with Gasteiger partial charge in [0.2, 0.25) is 0 Å². The Balaban J connectivity index is 1.71. The van der Waals surface area contributed by atoms with Crippen molar-refractivity contribution in [2.75, 3.05) is 20.2 Å². The molecule has 6 heteroatoms. The number of aromatic nitrogens is 1. The number of carboxylic acid groups (broad SMARTS) is 1. The summed E-state index contributed by atoms with van der Waals surface area (Å²) in [7, 11) is 1.60. The minimum absolute atomic E-state index is 0.0479.